The van der Waals surface area contributed by atoms with Crippen molar-refractivity contribution in [3.8, 4) is 39.1 Å². The molecular weight excluding hydrogens is 711 g/mol. The van der Waals surface area contributed by atoms with Gasteiger partial charge in [-0.1, -0.05) is 167 Å². The van der Waals surface area contributed by atoms with Gasteiger partial charge in [0.15, 0.2) is 0 Å². The van der Waals surface area contributed by atoms with Gasteiger partial charge in [-0.05, 0) is 135 Å². The minimum absolute atomic E-state index is 0.209. The van der Waals surface area contributed by atoms with Gasteiger partial charge in [0.1, 0.15) is 0 Å². The van der Waals surface area contributed by atoms with Crippen LogP contribution in [0.5, 0.6) is 0 Å². The molecule has 0 saturated heterocycles. The second kappa shape index (κ2) is 11.4. The summed E-state index contributed by atoms with van der Waals surface area (Å²) in [6.07, 6.45) is 0. The van der Waals surface area contributed by atoms with Crippen LogP contribution >= 0.6 is 0 Å². The Morgan fingerprint density at radius 1 is 0.339 bits per heavy atom. The second-order valence-electron chi connectivity index (χ2n) is 18.0. The van der Waals surface area contributed by atoms with Crippen LogP contribution < -0.4 is 0 Å². The van der Waals surface area contributed by atoms with Gasteiger partial charge in [-0.2, -0.15) is 0 Å². The smallest absolute Gasteiger partial charge is 0.0541 e. The van der Waals surface area contributed by atoms with Gasteiger partial charge in [-0.15, -0.1) is 0 Å². The Hall–Kier alpha value is -6.96. The van der Waals surface area contributed by atoms with Crippen molar-refractivity contribution in [2.75, 3.05) is 0 Å². The fourth-order valence-electron chi connectivity index (χ4n) is 11.8. The first kappa shape index (κ1) is 33.1. The fourth-order valence-corrected chi connectivity index (χ4v) is 11.8. The average molecular weight is 752 g/mol. The summed E-state index contributed by atoms with van der Waals surface area (Å²) in [5.74, 6) is 0. The molecule has 0 unspecified atom stereocenters. The van der Waals surface area contributed by atoms with Crippen LogP contribution in [0.2, 0.25) is 0 Å². The Kier molecular flexibility index (Phi) is 6.37. The Morgan fingerprint density at radius 2 is 0.847 bits per heavy atom. The average Bonchev–Trinajstić information content (AvgIpc) is 3.82. The first-order valence-corrected chi connectivity index (χ1v) is 21.0. The predicted molar refractivity (Wildman–Crippen MR) is 251 cm³/mol. The summed E-state index contributed by atoms with van der Waals surface area (Å²) in [7, 11) is 0. The fraction of sp³-hybridized carbons (Fsp3) is 0.103. The minimum Gasteiger partial charge on any atom is -0.309 e. The van der Waals surface area contributed by atoms with E-state index in [0.717, 1.165) is 0 Å². The van der Waals surface area contributed by atoms with Crippen molar-refractivity contribution in [3.63, 3.8) is 0 Å². The molecule has 0 aliphatic heterocycles. The number of hydrogen-bond acceptors (Lipinski definition) is 0. The first-order valence-electron chi connectivity index (χ1n) is 21.0. The number of fused-ring (bicyclic) bond motifs is 20. The van der Waals surface area contributed by atoms with E-state index in [1.807, 2.05) is 0 Å². The van der Waals surface area contributed by atoms with Gasteiger partial charge in [-0.3, -0.25) is 0 Å². The molecule has 1 heterocycles. The molecule has 0 bridgehead atoms. The summed E-state index contributed by atoms with van der Waals surface area (Å²) in [5, 5.41) is 13.4. The maximum absolute atomic E-state index is 2.50. The van der Waals surface area contributed by atoms with Crippen LogP contribution in [0, 0.1) is 0 Å². The highest BCUT2D eigenvalue weighted by Gasteiger charge is 2.47. The summed E-state index contributed by atoms with van der Waals surface area (Å²) in [6, 6.07) is 66.1. The normalized spacial score (nSPS) is 14.7. The van der Waals surface area contributed by atoms with Gasteiger partial charge in [0.05, 0.1) is 11.0 Å². The first-order chi connectivity index (χ1) is 28.8. The third-order valence-electron chi connectivity index (χ3n) is 14.3. The molecule has 0 spiro atoms. The second-order valence-corrected chi connectivity index (χ2v) is 18.0. The lowest BCUT2D eigenvalue weighted by atomic mass is 9.71. The maximum Gasteiger partial charge on any atom is 0.0541 e. The largest absolute Gasteiger partial charge is 0.309 e. The molecule has 1 nitrogen and oxygen atoms in total. The van der Waals surface area contributed by atoms with Crippen molar-refractivity contribution >= 4 is 64.9 Å². The summed E-state index contributed by atoms with van der Waals surface area (Å²) < 4.78 is 2.40. The van der Waals surface area contributed by atoms with Gasteiger partial charge in [-0.25, -0.2) is 0 Å². The van der Waals surface area contributed by atoms with Crippen LogP contribution in [0.15, 0.2) is 176 Å². The van der Waals surface area contributed by atoms with Crippen molar-refractivity contribution in [2.45, 2.75) is 38.5 Å². The topological polar surface area (TPSA) is 4.93 Å². The molecule has 0 N–H and O–H groups in total. The minimum atomic E-state index is -0.246. The van der Waals surface area contributed by atoms with Crippen molar-refractivity contribution in [2.24, 2.45) is 0 Å². The maximum atomic E-state index is 2.50. The molecule has 0 atom stereocenters. The van der Waals surface area contributed by atoms with Crippen LogP contribution in [-0.2, 0) is 10.8 Å². The van der Waals surface area contributed by atoms with E-state index in [-0.39, 0.29) is 10.8 Å². The molecule has 0 fully saturated rings. The summed E-state index contributed by atoms with van der Waals surface area (Å²) in [6.45, 7) is 9.94. The Labute approximate surface area is 343 Å². The highest BCUT2D eigenvalue weighted by molar-refractivity contribution is 6.35. The van der Waals surface area contributed by atoms with Gasteiger partial charge in [0, 0.05) is 27.3 Å². The molecule has 0 saturated carbocycles. The van der Waals surface area contributed by atoms with Gasteiger partial charge < -0.3 is 4.57 Å². The van der Waals surface area contributed by atoms with E-state index in [9.17, 15) is 0 Å². The molecule has 0 amide bonds. The number of nitrogens with zero attached hydrogens (tertiary/aromatic N) is 1. The van der Waals surface area contributed by atoms with Crippen LogP contribution in [0.1, 0.15) is 49.9 Å². The number of hydrogen-bond donors (Lipinski definition) is 0. The summed E-state index contributed by atoms with van der Waals surface area (Å²) in [5.41, 5.74) is 17.1. The summed E-state index contributed by atoms with van der Waals surface area (Å²) >= 11 is 0. The highest BCUT2D eigenvalue weighted by Crippen LogP contribution is 2.62. The van der Waals surface area contributed by atoms with Crippen LogP contribution in [0.25, 0.3) is 104 Å². The molecule has 2 aliphatic carbocycles. The van der Waals surface area contributed by atoms with E-state index >= 15 is 0 Å². The van der Waals surface area contributed by atoms with Gasteiger partial charge in [0.25, 0.3) is 0 Å². The van der Waals surface area contributed by atoms with Crippen LogP contribution in [0.3, 0.4) is 0 Å². The SMILES string of the molecule is CC1(C)c2cc(-c3ccc4c(c3)c3ccccc3n4-c3ccccc3)ccc2-c2ccc3c(c21)C(C)(C)c1c-3c2ccccc2c2c3ccccc3c3ccccc3c12. The molecule has 0 radical (unpaired) electrons. The number of aromatic nitrogens is 1. The molecule has 59 heavy (non-hydrogen) atoms. The van der Waals surface area contributed by atoms with E-state index < -0.39 is 0 Å². The Balaban J connectivity index is 1.03. The van der Waals surface area contributed by atoms with Crippen molar-refractivity contribution in [3.05, 3.63) is 198 Å². The zero-order valence-electron chi connectivity index (χ0n) is 33.7. The summed E-state index contributed by atoms with van der Waals surface area (Å²) in [4.78, 5) is 0. The van der Waals surface area contributed by atoms with Crippen LogP contribution in [0.4, 0.5) is 0 Å². The molecule has 11 aromatic rings. The van der Waals surface area contributed by atoms with E-state index in [1.54, 1.807) is 0 Å². The lowest BCUT2D eigenvalue weighted by Crippen LogP contribution is -2.24. The van der Waals surface area contributed by atoms with Crippen molar-refractivity contribution < 1.29 is 0 Å². The predicted octanol–water partition coefficient (Wildman–Crippen LogP) is 15.7. The Morgan fingerprint density at radius 3 is 1.58 bits per heavy atom. The molecule has 10 aromatic carbocycles. The molecule has 278 valence electrons. The third-order valence-corrected chi connectivity index (χ3v) is 14.3. The van der Waals surface area contributed by atoms with E-state index in [0.29, 0.717) is 0 Å². The lowest BCUT2D eigenvalue weighted by Gasteiger charge is -2.31. The number of rotatable bonds is 2. The molecule has 13 rings (SSSR count). The standard InChI is InChI=1S/C58H41N/c1-57(2)48-33-35(34-27-31-50-47(32-34)40-20-14-15-25-49(40)59(50)36-16-6-5-7-17-36)26-28-39(48)45-29-30-46-52-44-24-13-12-23-43(44)51-41-21-10-8-18-37(41)38-19-9-11-22-42(38)53(51)56(52)58(3,4)55(46)54(45)57/h5-33H,1-4H3. The lowest BCUT2D eigenvalue weighted by molar-refractivity contribution is 0.604. The quantitative estimate of drug-likeness (QED) is 0.155. The highest BCUT2D eigenvalue weighted by atomic mass is 15.0. The van der Waals surface area contributed by atoms with E-state index in [1.165, 1.54) is 126 Å². The van der Waals surface area contributed by atoms with Crippen molar-refractivity contribution in [1.82, 2.24) is 4.57 Å². The third kappa shape index (κ3) is 4.15. The van der Waals surface area contributed by atoms with Crippen LogP contribution in [-0.4, -0.2) is 4.57 Å². The molecular formula is C58H41N. The van der Waals surface area contributed by atoms with E-state index in [4.69, 9.17) is 0 Å². The van der Waals surface area contributed by atoms with Gasteiger partial charge in [0.2, 0.25) is 0 Å². The number of para-hydroxylation sites is 2. The molecule has 2 aliphatic rings. The zero-order valence-corrected chi connectivity index (χ0v) is 33.7. The molecule has 1 aromatic heterocycles. The Bertz CT molecular complexity index is 3650. The van der Waals surface area contributed by atoms with Crippen molar-refractivity contribution in [1.29, 1.82) is 0 Å². The molecule has 1 heteroatoms. The van der Waals surface area contributed by atoms with Gasteiger partial charge >= 0.3 is 0 Å². The monoisotopic (exact) mass is 751 g/mol. The number of benzene rings is 10. The zero-order chi connectivity index (χ0) is 39.4. The van der Waals surface area contributed by atoms with E-state index in [2.05, 4.69) is 208 Å².